The molecule has 0 aromatic heterocycles. The van der Waals surface area contributed by atoms with Crippen LogP contribution in [-0.4, -0.2) is 0 Å². The van der Waals surface area contributed by atoms with Crippen molar-refractivity contribution in [2.45, 2.75) is 52.4 Å². The minimum absolute atomic E-state index is 0.608. The minimum Gasteiger partial charge on any atom is -0.399 e. The third-order valence-electron chi connectivity index (χ3n) is 3.36. The summed E-state index contributed by atoms with van der Waals surface area (Å²) in [4.78, 5) is 0. The van der Waals surface area contributed by atoms with Crippen molar-refractivity contribution >= 4 is 5.69 Å². The van der Waals surface area contributed by atoms with Crippen LogP contribution in [0.5, 0.6) is 0 Å². The molecule has 0 fully saturated rings. The Labute approximate surface area is 93.7 Å². The summed E-state index contributed by atoms with van der Waals surface area (Å²) in [5.74, 6) is 1.22. The normalized spacial score (nSPS) is 14.9. The van der Waals surface area contributed by atoms with Gasteiger partial charge in [0.1, 0.15) is 0 Å². The summed E-state index contributed by atoms with van der Waals surface area (Å²) in [5.41, 5.74) is 9.61. The Morgan fingerprint density at radius 1 is 0.933 bits per heavy atom. The zero-order valence-electron chi connectivity index (χ0n) is 10.4. The topological polar surface area (TPSA) is 26.0 Å². The van der Waals surface area contributed by atoms with Crippen molar-refractivity contribution in [3.05, 3.63) is 29.3 Å². The third kappa shape index (κ3) is 2.98. The van der Waals surface area contributed by atoms with Crippen LogP contribution >= 0.6 is 0 Å². The van der Waals surface area contributed by atoms with Gasteiger partial charge in [-0.25, -0.2) is 0 Å². The first-order valence-corrected chi connectivity index (χ1v) is 5.98. The van der Waals surface area contributed by atoms with Gasteiger partial charge in [0.2, 0.25) is 0 Å². The van der Waals surface area contributed by atoms with Gasteiger partial charge in [-0.1, -0.05) is 33.8 Å². The molecule has 2 N–H and O–H groups in total. The largest absolute Gasteiger partial charge is 0.399 e. The number of hydrogen-bond acceptors (Lipinski definition) is 1. The first-order chi connectivity index (χ1) is 7.08. The summed E-state index contributed by atoms with van der Waals surface area (Å²) in [6, 6.07) is 6.54. The van der Waals surface area contributed by atoms with Gasteiger partial charge in [0.05, 0.1) is 0 Å². The van der Waals surface area contributed by atoms with Gasteiger partial charge in [-0.15, -0.1) is 0 Å². The maximum Gasteiger partial charge on any atom is 0.0319 e. The lowest BCUT2D eigenvalue weighted by Crippen LogP contribution is -1.99. The molecule has 0 heterocycles. The summed E-state index contributed by atoms with van der Waals surface area (Å²) in [7, 11) is 0. The van der Waals surface area contributed by atoms with Crippen LogP contribution in [0.15, 0.2) is 18.2 Å². The smallest absolute Gasteiger partial charge is 0.0319 e. The van der Waals surface area contributed by atoms with E-state index in [9.17, 15) is 0 Å². The van der Waals surface area contributed by atoms with E-state index in [1.807, 2.05) is 0 Å². The van der Waals surface area contributed by atoms with Crippen molar-refractivity contribution in [1.29, 1.82) is 0 Å². The predicted molar refractivity (Wildman–Crippen MR) is 68.3 cm³/mol. The molecule has 1 heteroatoms. The zero-order chi connectivity index (χ0) is 11.4. The van der Waals surface area contributed by atoms with Gasteiger partial charge in [0, 0.05) is 5.69 Å². The van der Waals surface area contributed by atoms with Crippen LogP contribution in [0.4, 0.5) is 5.69 Å². The highest BCUT2D eigenvalue weighted by Crippen LogP contribution is 2.27. The lowest BCUT2D eigenvalue weighted by molar-refractivity contribution is 0.712. The molecule has 0 spiro atoms. The van der Waals surface area contributed by atoms with Gasteiger partial charge >= 0.3 is 0 Å². The van der Waals surface area contributed by atoms with E-state index >= 15 is 0 Å². The SMILES string of the molecule is CCC(C)c1cc(N)cc(C(C)CC)c1. The summed E-state index contributed by atoms with van der Waals surface area (Å²) in [6.07, 6.45) is 2.34. The van der Waals surface area contributed by atoms with Gasteiger partial charge in [-0.05, 0) is 47.9 Å². The molecule has 1 rings (SSSR count). The van der Waals surface area contributed by atoms with Crippen LogP contribution in [0.25, 0.3) is 0 Å². The highest BCUT2D eigenvalue weighted by molar-refractivity contribution is 5.46. The van der Waals surface area contributed by atoms with Gasteiger partial charge in [-0.2, -0.15) is 0 Å². The first-order valence-electron chi connectivity index (χ1n) is 5.98. The Balaban J connectivity index is 3.04. The molecule has 1 aromatic carbocycles. The van der Waals surface area contributed by atoms with E-state index in [-0.39, 0.29) is 0 Å². The molecule has 0 saturated heterocycles. The molecular weight excluding hydrogens is 182 g/mol. The second kappa shape index (κ2) is 5.20. The van der Waals surface area contributed by atoms with E-state index in [0.29, 0.717) is 11.8 Å². The molecule has 1 aromatic rings. The molecule has 84 valence electrons. The molecule has 1 nitrogen and oxygen atoms in total. The number of benzene rings is 1. The quantitative estimate of drug-likeness (QED) is 0.729. The van der Waals surface area contributed by atoms with E-state index in [4.69, 9.17) is 5.73 Å². The number of nitrogens with two attached hydrogens (primary N) is 1. The number of anilines is 1. The standard InChI is InChI=1S/C14H23N/c1-5-10(3)12-7-13(11(4)6-2)9-14(15)8-12/h7-11H,5-6,15H2,1-4H3. The van der Waals surface area contributed by atoms with Crippen molar-refractivity contribution in [1.82, 2.24) is 0 Å². The van der Waals surface area contributed by atoms with Crippen LogP contribution in [0.2, 0.25) is 0 Å². The summed E-state index contributed by atoms with van der Waals surface area (Å²) in [6.45, 7) is 8.96. The van der Waals surface area contributed by atoms with Crippen molar-refractivity contribution in [2.24, 2.45) is 0 Å². The fourth-order valence-electron chi connectivity index (χ4n) is 1.74. The minimum atomic E-state index is 0.608. The van der Waals surface area contributed by atoms with Crippen LogP contribution < -0.4 is 5.73 Å². The zero-order valence-corrected chi connectivity index (χ0v) is 10.4. The molecule has 0 amide bonds. The first kappa shape index (κ1) is 12.1. The van der Waals surface area contributed by atoms with E-state index in [1.165, 1.54) is 24.0 Å². The predicted octanol–water partition coefficient (Wildman–Crippen LogP) is 4.30. The average molecular weight is 205 g/mol. The molecule has 2 unspecified atom stereocenters. The van der Waals surface area contributed by atoms with E-state index in [1.54, 1.807) is 0 Å². The van der Waals surface area contributed by atoms with Crippen LogP contribution in [-0.2, 0) is 0 Å². The molecule has 0 aliphatic rings. The van der Waals surface area contributed by atoms with Gasteiger partial charge in [-0.3, -0.25) is 0 Å². The molecule has 0 saturated carbocycles. The fraction of sp³-hybridized carbons (Fsp3) is 0.571. The highest BCUT2D eigenvalue weighted by Gasteiger charge is 2.08. The lowest BCUT2D eigenvalue weighted by Gasteiger charge is -2.15. The molecule has 0 aliphatic heterocycles. The molecule has 2 atom stereocenters. The van der Waals surface area contributed by atoms with E-state index in [0.717, 1.165) is 5.69 Å². The van der Waals surface area contributed by atoms with Gasteiger partial charge in [0.15, 0.2) is 0 Å². The molecule has 0 bridgehead atoms. The second-order valence-corrected chi connectivity index (χ2v) is 4.55. The Morgan fingerprint density at radius 2 is 1.33 bits per heavy atom. The Bertz CT molecular complexity index is 289. The van der Waals surface area contributed by atoms with Gasteiger partial charge in [0.25, 0.3) is 0 Å². The maximum absolute atomic E-state index is 5.94. The number of hydrogen-bond donors (Lipinski definition) is 1. The molecule has 15 heavy (non-hydrogen) atoms. The monoisotopic (exact) mass is 205 g/mol. The summed E-state index contributed by atoms with van der Waals surface area (Å²) >= 11 is 0. The molecule has 0 radical (unpaired) electrons. The summed E-state index contributed by atoms with van der Waals surface area (Å²) < 4.78 is 0. The number of nitrogen functional groups attached to an aromatic ring is 1. The Kier molecular flexibility index (Phi) is 4.19. The third-order valence-corrected chi connectivity index (χ3v) is 3.36. The average Bonchev–Trinajstić information content (AvgIpc) is 2.26. The van der Waals surface area contributed by atoms with Crippen LogP contribution in [0.1, 0.15) is 63.5 Å². The van der Waals surface area contributed by atoms with Crippen molar-refractivity contribution in [3.63, 3.8) is 0 Å². The lowest BCUT2D eigenvalue weighted by atomic mass is 9.91. The van der Waals surface area contributed by atoms with E-state index < -0.39 is 0 Å². The van der Waals surface area contributed by atoms with Crippen LogP contribution in [0, 0.1) is 0 Å². The molecule has 0 aliphatic carbocycles. The highest BCUT2D eigenvalue weighted by atomic mass is 14.5. The van der Waals surface area contributed by atoms with E-state index in [2.05, 4.69) is 45.9 Å². The summed E-state index contributed by atoms with van der Waals surface area (Å²) in [5, 5.41) is 0. The van der Waals surface area contributed by atoms with Crippen molar-refractivity contribution < 1.29 is 0 Å². The Morgan fingerprint density at radius 3 is 1.67 bits per heavy atom. The maximum atomic E-state index is 5.94. The van der Waals surface area contributed by atoms with Crippen molar-refractivity contribution in [3.8, 4) is 0 Å². The molecular formula is C14H23N. The van der Waals surface area contributed by atoms with Crippen molar-refractivity contribution in [2.75, 3.05) is 5.73 Å². The number of rotatable bonds is 4. The Hall–Kier alpha value is -0.980. The van der Waals surface area contributed by atoms with Gasteiger partial charge < -0.3 is 5.73 Å². The second-order valence-electron chi connectivity index (χ2n) is 4.55. The van der Waals surface area contributed by atoms with Crippen LogP contribution in [0.3, 0.4) is 0 Å². The fourth-order valence-corrected chi connectivity index (χ4v) is 1.74.